The van der Waals surface area contributed by atoms with E-state index in [2.05, 4.69) is 36.2 Å². The average Bonchev–Trinajstić information content (AvgIpc) is 2.39. The summed E-state index contributed by atoms with van der Waals surface area (Å²) in [5, 5.41) is 3.26. The lowest BCUT2D eigenvalue weighted by atomic mass is 9.89. The van der Waals surface area contributed by atoms with Crippen molar-refractivity contribution in [3.8, 4) is 0 Å². The lowest BCUT2D eigenvalue weighted by Gasteiger charge is -2.25. The number of rotatable bonds is 6. The lowest BCUT2D eigenvalue weighted by Crippen LogP contribution is -2.22. The van der Waals surface area contributed by atoms with Crippen molar-refractivity contribution < 1.29 is 4.74 Å². The van der Waals surface area contributed by atoms with E-state index in [1.54, 1.807) is 0 Å². The largest absolute Gasteiger partial charge is 0.372 e. The second-order valence-corrected chi connectivity index (χ2v) is 4.44. The Morgan fingerprint density at radius 2 is 2.29 bits per heavy atom. The summed E-state index contributed by atoms with van der Waals surface area (Å²) in [6.07, 6.45) is 5.76. The first-order valence-corrected chi connectivity index (χ1v) is 6.43. The molecular weight excluding hydrogens is 210 g/mol. The fourth-order valence-electron chi connectivity index (χ4n) is 2.36. The molecule has 0 spiro atoms. The Kier molecular flexibility index (Phi) is 4.77. The van der Waals surface area contributed by atoms with Gasteiger partial charge in [0.25, 0.3) is 0 Å². The Hall–Kier alpha value is -1.12. The van der Waals surface area contributed by atoms with Crippen LogP contribution in [0.1, 0.15) is 30.1 Å². The number of ether oxygens (including phenoxy) is 1. The van der Waals surface area contributed by atoms with E-state index in [9.17, 15) is 0 Å². The van der Waals surface area contributed by atoms with Gasteiger partial charge >= 0.3 is 0 Å². The van der Waals surface area contributed by atoms with Crippen molar-refractivity contribution in [3.63, 3.8) is 0 Å². The molecule has 2 heteroatoms. The highest BCUT2D eigenvalue weighted by molar-refractivity contribution is 5.31. The van der Waals surface area contributed by atoms with Gasteiger partial charge in [-0.1, -0.05) is 30.3 Å². The zero-order chi connectivity index (χ0) is 11.9. The summed E-state index contributed by atoms with van der Waals surface area (Å²) in [6.45, 7) is 6.19. The first-order chi connectivity index (χ1) is 8.42. The smallest absolute Gasteiger partial charge is 0.0828 e. The molecule has 0 amide bonds. The van der Waals surface area contributed by atoms with Crippen LogP contribution < -0.4 is 5.32 Å². The average molecular weight is 231 g/mol. The summed E-state index contributed by atoms with van der Waals surface area (Å²) in [5.41, 5.74) is 2.85. The minimum Gasteiger partial charge on any atom is -0.372 e. The number of fused-ring (bicyclic) bond motifs is 1. The second-order valence-electron chi connectivity index (χ2n) is 4.44. The van der Waals surface area contributed by atoms with Gasteiger partial charge in [-0.05, 0) is 30.4 Å². The van der Waals surface area contributed by atoms with Crippen LogP contribution in [-0.4, -0.2) is 19.7 Å². The Morgan fingerprint density at radius 3 is 3.18 bits per heavy atom. The molecule has 0 aromatic heterocycles. The number of hydrogen-bond acceptors (Lipinski definition) is 2. The van der Waals surface area contributed by atoms with Gasteiger partial charge < -0.3 is 10.1 Å². The van der Waals surface area contributed by atoms with Gasteiger partial charge in [0.05, 0.1) is 12.7 Å². The van der Waals surface area contributed by atoms with Crippen LogP contribution >= 0.6 is 0 Å². The number of hydrogen-bond donors (Lipinski definition) is 1. The SMILES string of the molecule is C=CCNCCOC1CCCc2ccccc21. The molecule has 92 valence electrons. The van der Waals surface area contributed by atoms with Gasteiger partial charge in [-0.15, -0.1) is 6.58 Å². The zero-order valence-electron chi connectivity index (χ0n) is 10.3. The summed E-state index contributed by atoms with van der Waals surface area (Å²) >= 11 is 0. The van der Waals surface area contributed by atoms with Crippen LogP contribution in [0.4, 0.5) is 0 Å². The maximum Gasteiger partial charge on any atom is 0.0828 e. The van der Waals surface area contributed by atoms with Crippen molar-refractivity contribution in [1.82, 2.24) is 5.32 Å². The summed E-state index contributed by atoms with van der Waals surface area (Å²) in [4.78, 5) is 0. The van der Waals surface area contributed by atoms with Crippen molar-refractivity contribution in [1.29, 1.82) is 0 Å². The first kappa shape index (κ1) is 12.3. The monoisotopic (exact) mass is 231 g/mol. The van der Waals surface area contributed by atoms with Crippen molar-refractivity contribution in [2.24, 2.45) is 0 Å². The number of nitrogens with one attached hydrogen (secondary N) is 1. The highest BCUT2D eigenvalue weighted by atomic mass is 16.5. The van der Waals surface area contributed by atoms with E-state index in [4.69, 9.17) is 4.74 Å². The predicted octanol–water partition coefficient (Wildman–Crippen LogP) is 2.86. The maximum absolute atomic E-state index is 5.96. The normalized spacial score (nSPS) is 18.7. The third kappa shape index (κ3) is 3.42. The molecule has 1 aromatic rings. The van der Waals surface area contributed by atoms with Crippen LogP contribution in [0, 0.1) is 0 Å². The fourth-order valence-corrected chi connectivity index (χ4v) is 2.36. The topological polar surface area (TPSA) is 21.3 Å². The van der Waals surface area contributed by atoms with Gasteiger partial charge in [-0.25, -0.2) is 0 Å². The maximum atomic E-state index is 5.96. The van der Waals surface area contributed by atoms with Crippen LogP contribution in [0.3, 0.4) is 0 Å². The van der Waals surface area contributed by atoms with E-state index in [0.29, 0.717) is 6.10 Å². The van der Waals surface area contributed by atoms with E-state index >= 15 is 0 Å². The Bertz CT molecular complexity index is 362. The van der Waals surface area contributed by atoms with Crippen LogP contribution in [0.25, 0.3) is 0 Å². The molecule has 0 saturated carbocycles. The molecular formula is C15H21NO. The molecule has 1 unspecified atom stereocenters. The highest BCUT2D eigenvalue weighted by Crippen LogP contribution is 2.31. The molecule has 1 atom stereocenters. The number of benzene rings is 1. The Balaban J connectivity index is 1.84. The third-order valence-corrected chi connectivity index (χ3v) is 3.20. The minimum absolute atomic E-state index is 0.297. The van der Waals surface area contributed by atoms with Crippen molar-refractivity contribution >= 4 is 0 Å². The Labute approximate surface area is 104 Å². The molecule has 0 aliphatic heterocycles. The Morgan fingerprint density at radius 1 is 1.41 bits per heavy atom. The van der Waals surface area contributed by atoms with E-state index in [1.165, 1.54) is 24.0 Å². The van der Waals surface area contributed by atoms with Crippen LogP contribution in [0.2, 0.25) is 0 Å². The van der Waals surface area contributed by atoms with Crippen LogP contribution in [0.5, 0.6) is 0 Å². The molecule has 2 nitrogen and oxygen atoms in total. The van der Waals surface area contributed by atoms with Gasteiger partial charge in [0, 0.05) is 13.1 Å². The minimum atomic E-state index is 0.297. The molecule has 0 fully saturated rings. The molecule has 0 saturated heterocycles. The van der Waals surface area contributed by atoms with E-state index in [-0.39, 0.29) is 0 Å². The molecule has 0 bridgehead atoms. The number of aryl methyl sites for hydroxylation is 1. The summed E-state index contributed by atoms with van der Waals surface area (Å²) in [5.74, 6) is 0. The van der Waals surface area contributed by atoms with Gasteiger partial charge in [0.2, 0.25) is 0 Å². The zero-order valence-corrected chi connectivity index (χ0v) is 10.3. The van der Waals surface area contributed by atoms with Crippen LogP contribution in [-0.2, 0) is 11.2 Å². The van der Waals surface area contributed by atoms with Gasteiger partial charge in [0.15, 0.2) is 0 Å². The van der Waals surface area contributed by atoms with Crippen molar-refractivity contribution in [2.45, 2.75) is 25.4 Å². The predicted molar refractivity (Wildman–Crippen MR) is 71.1 cm³/mol. The standard InChI is InChI=1S/C15H21NO/c1-2-10-16-11-12-17-15-9-5-7-13-6-3-4-8-14(13)15/h2-4,6,8,15-16H,1,5,7,9-12H2. The van der Waals surface area contributed by atoms with Crippen molar-refractivity contribution in [2.75, 3.05) is 19.7 Å². The second kappa shape index (κ2) is 6.58. The highest BCUT2D eigenvalue weighted by Gasteiger charge is 2.19. The molecule has 1 aromatic carbocycles. The van der Waals surface area contributed by atoms with Crippen LogP contribution in [0.15, 0.2) is 36.9 Å². The van der Waals surface area contributed by atoms with Crippen molar-refractivity contribution in [3.05, 3.63) is 48.0 Å². The van der Waals surface area contributed by atoms with E-state index < -0.39 is 0 Å². The van der Waals surface area contributed by atoms with E-state index in [0.717, 1.165) is 26.1 Å². The molecule has 0 radical (unpaired) electrons. The molecule has 1 aliphatic rings. The van der Waals surface area contributed by atoms with E-state index in [1.807, 2.05) is 6.08 Å². The van der Waals surface area contributed by atoms with Gasteiger partial charge in [-0.3, -0.25) is 0 Å². The van der Waals surface area contributed by atoms with Gasteiger partial charge in [-0.2, -0.15) is 0 Å². The first-order valence-electron chi connectivity index (χ1n) is 6.43. The molecule has 2 rings (SSSR count). The molecule has 1 aliphatic carbocycles. The summed E-state index contributed by atoms with van der Waals surface area (Å²) in [6, 6.07) is 8.65. The quantitative estimate of drug-likeness (QED) is 0.600. The summed E-state index contributed by atoms with van der Waals surface area (Å²) < 4.78 is 5.96. The fraction of sp³-hybridized carbons (Fsp3) is 0.467. The summed E-state index contributed by atoms with van der Waals surface area (Å²) in [7, 11) is 0. The molecule has 0 heterocycles. The molecule has 1 N–H and O–H groups in total. The molecule has 17 heavy (non-hydrogen) atoms. The van der Waals surface area contributed by atoms with Gasteiger partial charge in [0.1, 0.15) is 0 Å². The third-order valence-electron chi connectivity index (χ3n) is 3.20. The lowest BCUT2D eigenvalue weighted by molar-refractivity contribution is 0.0430.